The Morgan fingerprint density at radius 2 is 1.88 bits per heavy atom. The zero-order valence-electron chi connectivity index (χ0n) is 12.1. The number of carbonyl (C=O) groups is 1. The fourth-order valence-electron chi connectivity index (χ4n) is 2.06. The summed E-state index contributed by atoms with van der Waals surface area (Å²) in [4.78, 5) is 11.9. The first kappa shape index (κ1) is 18.3. The van der Waals surface area contributed by atoms with E-state index in [0.29, 0.717) is 0 Å². The van der Waals surface area contributed by atoms with Crippen molar-refractivity contribution in [2.45, 2.75) is 6.18 Å². The first-order valence-electron chi connectivity index (χ1n) is 6.76. The van der Waals surface area contributed by atoms with Crippen molar-refractivity contribution < 1.29 is 28.0 Å². The minimum absolute atomic E-state index is 0.0491. The third kappa shape index (κ3) is 4.28. The third-order valence-corrected chi connectivity index (χ3v) is 3.48. The SMILES string of the molecule is O=C(CCl)c1cc(B(O)O)ccc1Nc1cccc(C(F)(F)F)c1. The van der Waals surface area contributed by atoms with E-state index in [2.05, 4.69) is 5.32 Å². The molecule has 0 spiro atoms. The molecule has 2 aromatic carbocycles. The Balaban J connectivity index is 2.41. The smallest absolute Gasteiger partial charge is 0.423 e. The van der Waals surface area contributed by atoms with E-state index in [0.717, 1.165) is 12.1 Å². The Kier molecular flexibility index (Phi) is 5.53. The number of halogens is 4. The fraction of sp³-hybridized carbons (Fsp3) is 0.133. The van der Waals surface area contributed by atoms with Gasteiger partial charge in [0.2, 0.25) is 0 Å². The van der Waals surface area contributed by atoms with Crippen molar-refractivity contribution in [3.05, 3.63) is 53.6 Å². The van der Waals surface area contributed by atoms with Gasteiger partial charge >= 0.3 is 13.3 Å². The standard InChI is InChI=1S/C15H12BClF3NO3/c17-8-14(22)12-7-10(16(23)24)4-5-13(12)21-11-3-1-2-9(6-11)15(18,19)20/h1-7,21,23-24H,8H2. The summed E-state index contributed by atoms with van der Waals surface area (Å²) in [6, 6.07) is 8.43. The van der Waals surface area contributed by atoms with Crippen LogP contribution in [-0.4, -0.2) is 28.8 Å². The molecule has 0 aromatic heterocycles. The summed E-state index contributed by atoms with van der Waals surface area (Å²) in [7, 11) is -1.78. The van der Waals surface area contributed by atoms with Crippen LogP contribution in [0.1, 0.15) is 15.9 Å². The molecule has 3 N–H and O–H groups in total. The van der Waals surface area contributed by atoms with Crippen molar-refractivity contribution in [3.63, 3.8) is 0 Å². The summed E-state index contributed by atoms with van der Waals surface area (Å²) >= 11 is 5.53. The minimum atomic E-state index is -4.49. The van der Waals surface area contributed by atoms with Crippen LogP contribution in [0, 0.1) is 0 Å². The summed E-state index contributed by atoms with van der Waals surface area (Å²) in [6.07, 6.45) is -4.49. The van der Waals surface area contributed by atoms with Gasteiger partial charge in [-0.05, 0) is 35.8 Å². The molecule has 0 saturated heterocycles. The number of Topliss-reactive ketones (excluding diaryl/α,β-unsaturated/α-hetero) is 1. The van der Waals surface area contributed by atoms with E-state index in [9.17, 15) is 28.0 Å². The van der Waals surface area contributed by atoms with Crippen LogP contribution >= 0.6 is 11.6 Å². The van der Waals surface area contributed by atoms with Crippen molar-refractivity contribution >= 4 is 41.3 Å². The summed E-state index contributed by atoms with van der Waals surface area (Å²) in [5.74, 6) is -0.865. The molecule has 0 aliphatic heterocycles. The molecule has 0 fully saturated rings. The van der Waals surface area contributed by atoms with Crippen LogP contribution in [0.25, 0.3) is 0 Å². The summed E-state index contributed by atoms with van der Waals surface area (Å²) in [5, 5.41) is 21.1. The molecule has 0 atom stereocenters. The van der Waals surface area contributed by atoms with Crippen molar-refractivity contribution in [2.75, 3.05) is 11.2 Å². The first-order valence-corrected chi connectivity index (χ1v) is 7.29. The molecule has 0 aliphatic rings. The second kappa shape index (κ2) is 7.25. The number of carbonyl (C=O) groups excluding carboxylic acids is 1. The second-order valence-corrected chi connectivity index (χ2v) is 5.21. The van der Waals surface area contributed by atoms with Crippen LogP contribution in [-0.2, 0) is 6.18 Å². The molecule has 0 unspecified atom stereocenters. The van der Waals surface area contributed by atoms with Crippen LogP contribution in [0.2, 0.25) is 0 Å². The van der Waals surface area contributed by atoms with Gasteiger partial charge in [0.05, 0.1) is 11.4 Å². The zero-order valence-corrected chi connectivity index (χ0v) is 12.9. The average Bonchev–Trinajstić information content (AvgIpc) is 2.53. The lowest BCUT2D eigenvalue weighted by atomic mass is 9.79. The maximum absolute atomic E-state index is 12.8. The van der Waals surface area contributed by atoms with E-state index in [1.165, 1.54) is 30.3 Å². The summed E-state index contributed by atoms with van der Waals surface area (Å²) in [5.41, 5.74) is -0.374. The number of nitrogens with one attached hydrogen (secondary N) is 1. The summed E-state index contributed by atoms with van der Waals surface area (Å²) in [6.45, 7) is 0. The van der Waals surface area contributed by atoms with Crippen LogP contribution in [0.5, 0.6) is 0 Å². The van der Waals surface area contributed by atoms with Gasteiger partial charge in [-0.1, -0.05) is 12.1 Å². The van der Waals surface area contributed by atoms with Gasteiger partial charge in [0.15, 0.2) is 5.78 Å². The number of hydrogen-bond acceptors (Lipinski definition) is 4. The molecule has 2 rings (SSSR count). The Bertz CT molecular complexity index is 753. The Hall–Kier alpha value is -2.03. The van der Waals surface area contributed by atoms with Gasteiger partial charge in [-0.3, -0.25) is 4.79 Å². The first-order chi connectivity index (χ1) is 11.2. The van der Waals surface area contributed by atoms with E-state index in [1.807, 2.05) is 0 Å². The largest absolute Gasteiger partial charge is 0.488 e. The molecule has 24 heavy (non-hydrogen) atoms. The predicted octanol–water partition coefficient (Wildman–Crippen LogP) is 2.55. The predicted molar refractivity (Wildman–Crippen MR) is 86.0 cm³/mol. The number of alkyl halides is 4. The molecular formula is C15H12BClF3NO3. The quantitative estimate of drug-likeness (QED) is 0.437. The molecule has 4 nitrogen and oxygen atoms in total. The van der Waals surface area contributed by atoms with E-state index in [-0.39, 0.29) is 28.3 Å². The van der Waals surface area contributed by atoms with Gasteiger partial charge in [0.1, 0.15) is 0 Å². The molecule has 2 aromatic rings. The molecule has 0 radical (unpaired) electrons. The summed E-state index contributed by atoms with van der Waals surface area (Å²) < 4.78 is 38.3. The van der Waals surface area contributed by atoms with Crippen LogP contribution < -0.4 is 10.8 Å². The fourth-order valence-corrected chi connectivity index (χ4v) is 2.21. The number of benzene rings is 2. The number of anilines is 2. The van der Waals surface area contributed by atoms with E-state index >= 15 is 0 Å². The average molecular weight is 358 g/mol. The lowest BCUT2D eigenvalue weighted by molar-refractivity contribution is -0.137. The van der Waals surface area contributed by atoms with E-state index in [4.69, 9.17) is 11.6 Å². The Morgan fingerprint density at radius 1 is 1.17 bits per heavy atom. The second-order valence-electron chi connectivity index (χ2n) is 4.94. The van der Waals surface area contributed by atoms with Crippen molar-refractivity contribution in [3.8, 4) is 0 Å². The maximum atomic E-state index is 12.8. The van der Waals surface area contributed by atoms with Gasteiger partial charge in [0, 0.05) is 16.9 Å². The van der Waals surface area contributed by atoms with Gasteiger partial charge < -0.3 is 15.4 Å². The van der Waals surface area contributed by atoms with Crippen molar-refractivity contribution in [1.82, 2.24) is 0 Å². The molecular weight excluding hydrogens is 345 g/mol. The van der Waals surface area contributed by atoms with Crippen LogP contribution in [0.3, 0.4) is 0 Å². The van der Waals surface area contributed by atoms with Gasteiger partial charge in [-0.25, -0.2) is 0 Å². The molecule has 0 amide bonds. The highest BCUT2D eigenvalue weighted by Crippen LogP contribution is 2.31. The molecule has 0 saturated carbocycles. The lowest BCUT2D eigenvalue weighted by Crippen LogP contribution is -2.30. The Morgan fingerprint density at radius 3 is 2.46 bits per heavy atom. The molecule has 0 bridgehead atoms. The van der Waals surface area contributed by atoms with Gasteiger partial charge in [-0.2, -0.15) is 13.2 Å². The van der Waals surface area contributed by atoms with Crippen LogP contribution in [0.4, 0.5) is 24.5 Å². The topological polar surface area (TPSA) is 69.6 Å². The monoisotopic (exact) mass is 357 g/mol. The molecule has 0 aliphatic carbocycles. The van der Waals surface area contributed by atoms with Crippen molar-refractivity contribution in [2.24, 2.45) is 0 Å². The van der Waals surface area contributed by atoms with E-state index < -0.39 is 24.6 Å². The molecule has 9 heteroatoms. The highest BCUT2D eigenvalue weighted by molar-refractivity contribution is 6.58. The molecule has 126 valence electrons. The van der Waals surface area contributed by atoms with Gasteiger partial charge in [0.25, 0.3) is 0 Å². The van der Waals surface area contributed by atoms with Gasteiger partial charge in [-0.15, -0.1) is 11.6 Å². The number of rotatable bonds is 5. The minimum Gasteiger partial charge on any atom is -0.423 e. The maximum Gasteiger partial charge on any atom is 0.488 e. The normalized spacial score (nSPS) is 11.2. The van der Waals surface area contributed by atoms with E-state index in [1.54, 1.807) is 0 Å². The highest BCUT2D eigenvalue weighted by atomic mass is 35.5. The Labute approximate surface area is 141 Å². The lowest BCUT2D eigenvalue weighted by Gasteiger charge is -2.14. The van der Waals surface area contributed by atoms with Crippen molar-refractivity contribution in [1.29, 1.82) is 0 Å². The highest BCUT2D eigenvalue weighted by Gasteiger charge is 2.30. The number of hydrogen-bond donors (Lipinski definition) is 3. The molecule has 0 heterocycles. The van der Waals surface area contributed by atoms with Crippen LogP contribution in [0.15, 0.2) is 42.5 Å². The number of ketones is 1. The zero-order chi connectivity index (χ0) is 17.9. The third-order valence-electron chi connectivity index (χ3n) is 3.23.